The Hall–Kier alpha value is -1.82. The lowest BCUT2D eigenvalue weighted by atomic mass is 9.98. The van der Waals surface area contributed by atoms with E-state index in [-0.39, 0.29) is 11.9 Å². The van der Waals surface area contributed by atoms with Crippen molar-refractivity contribution in [3.8, 4) is 0 Å². The summed E-state index contributed by atoms with van der Waals surface area (Å²) in [5.41, 5.74) is 2.16. The van der Waals surface area contributed by atoms with E-state index in [1.807, 2.05) is 30.0 Å². The molecule has 20 heavy (non-hydrogen) atoms. The molecule has 0 aliphatic carbocycles. The van der Waals surface area contributed by atoms with Crippen molar-refractivity contribution in [2.24, 2.45) is 0 Å². The van der Waals surface area contributed by atoms with Crippen LogP contribution in [0.3, 0.4) is 0 Å². The molecule has 1 unspecified atom stereocenters. The van der Waals surface area contributed by atoms with Crippen LogP contribution >= 0.6 is 11.7 Å². The van der Waals surface area contributed by atoms with Gasteiger partial charge in [0.25, 0.3) is 5.91 Å². The minimum Gasteiger partial charge on any atom is -0.329 e. The third-order valence-electron chi connectivity index (χ3n) is 3.65. The SMILES string of the molecule is Cc1nsnc1C(=O)N1CCCCC1c1ccccn1. The highest BCUT2D eigenvalue weighted by Gasteiger charge is 2.31. The molecule has 0 N–H and O–H groups in total. The quantitative estimate of drug-likeness (QED) is 0.852. The molecule has 1 aliphatic rings. The Balaban J connectivity index is 1.90. The molecular formula is C14H16N4OS. The Morgan fingerprint density at radius 2 is 2.25 bits per heavy atom. The lowest BCUT2D eigenvalue weighted by Gasteiger charge is -2.35. The Labute approximate surface area is 122 Å². The predicted octanol–water partition coefficient (Wildman–Crippen LogP) is 2.61. The summed E-state index contributed by atoms with van der Waals surface area (Å²) in [7, 11) is 0. The number of pyridine rings is 1. The number of piperidine rings is 1. The highest BCUT2D eigenvalue weighted by atomic mass is 32.1. The van der Waals surface area contributed by atoms with Gasteiger partial charge in [0.1, 0.15) is 0 Å². The van der Waals surface area contributed by atoms with Crippen LogP contribution in [0.25, 0.3) is 0 Å². The van der Waals surface area contributed by atoms with E-state index in [4.69, 9.17) is 0 Å². The Morgan fingerprint density at radius 1 is 1.35 bits per heavy atom. The van der Waals surface area contributed by atoms with Gasteiger partial charge in [-0.1, -0.05) is 6.07 Å². The van der Waals surface area contributed by atoms with Crippen LogP contribution in [0.15, 0.2) is 24.4 Å². The van der Waals surface area contributed by atoms with E-state index in [0.717, 1.165) is 43.2 Å². The van der Waals surface area contributed by atoms with E-state index in [1.54, 1.807) is 6.20 Å². The van der Waals surface area contributed by atoms with Crippen LogP contribution in [-0.2, 0) is 0 Å². The number of amides is 1. The summed E-state index contributed by atoms with van der Waals surface area (Å²) < 4.78 is 8.24. The summed E-state index contributed by atoms with van der Waals surface area (Å²) in [6.45, 7) is 2.59. The minimum atomic E-state index is -0.0217. The summed E-state index contributed by atoms with van der Waals surface area (Å²) in [5.74, 6) is -0.0217. The maximum absolute atomic E-state index is 12.7. The number of nitrogens with zero attached hydrogens (tertiary/aromatic N) is 4. The second-order valence-electron chi connectivity index (χ2n) is 4.96. The zero-order valence-electron chi connectivity index (χ0n) is 11.3. The third-order valence-corrected chi connectivity index (χ3v) is 4.27. The fourth-order valence-electron chi connectivity index (χ4n) is 2.62. The molecule has 3 rings (SSSR count). The first kappa shape index (κ1) is 13.2. The lowest BCUT2D eigenvalue weighted by molar-refractivity contribution is 0.0600. The van der Waals surface area contributed by atoms with Gasteiger partial charge in [-0.2, -0.15) is 8.75 Å². The van der Waals surface area contributed by atoms with Crippen molar-refractivity contribution in [3.63, 3.8) is 0 Å². The number of rotatable bonds is 2. The maximum atomic E-state index is 12.7. The monoisotopic (exact) mass is 288 g/mol. The standard InChI is InChI=1S/C14H16N4OS/c1-10-13(17-20-16-10)14(19)18-9-5-3-7-12(18)11-6-2-4-8-15-11/h2,4,6,8,12H,3,5,7,9H2,1H3. The normalized spacial score (nSPS) is 19.1. The molecular weight excluding hydrogens is 272 g/mol. The summed E-state index contributed by atoms with van der Waals surface area (Å²) >= 11 is 1.09. The largest absolute Gasteiger partial charge is 0.329 e. The molecule has 0 aromatic carbocycles. The molecule has 1 aliphatic heterocycles. The minimum absolute atomic E-state index is 0.0217. The fraction of sp³-hybridized carbons (Fsp3) is 0.429. The molecule has 3 heterocycles. The van der Waals surface area contributed by atoms with Crippen LogP contribution in [-0.4, -0.2) is 31.1 Å². The van der Waals surface area contributed by atoms with E-state index in [1.165, 1.54) is 0 Å². The molecule has 0 bridgehead atoms. The van der Waals surface area contributed by atoms with E-state index < -0.39 is 0 Å². The fourth-order valence-corrected chi connectivity index (χ4v) is 3.16. The highest BCUT2D eigenvalue weighted by Crippen LogP contribution is 2.31. The molecule has 1 amide bonds. The maximum Gasteiger partial charge on any atom is 0.276 e. The second kappa shape index (κ2) is 5.66. The molecule has 2 aromatic rings. The van der Waals surface area contributed by atoms with E-state index in [9.17, 15) is 4.79 Å². The number of aryl methyl sites for hydroxylation is 1. The van der Waals surface area contributed by atoms with Gasteiger partial charge >= 0.3 is 0 Å². The smallest absolute Gasteiger partial charge is 0.276 e. The van der Waals surface area contributed by atoms with Crippen molar-refractivity contribution in [3.05, 3.63) is 41.5 Å². The molecule has 104 valence electrons. The third kappa shape index (κ3) is 2.43. The first-order chi connectivity index (χ1) is 9.77. The first-order valence-corrected chi connectivity index (χ1v) is 7.51. The molecule has 1 atom stereocenters. The van der Waals surface area contributed by atoms with Crippen LogP contribution in [0.4, 0.5) is 0 Å². The van der Waals surface area contributed by atoms with Gasteiger partial charge < -0.3 is 4.90 Å². The average molecular weight is 288 g/mol. The molecule has 5 nitrogen and oxygen atoms in total. The predicted molar refractivity (Wildman–Crippen MR) is 76.5 cm³/mol. The van der Waals surface area contributed by atoms with Gasteiger partial charge in [-0.15, -0.1) is 0 Å². The average Bonchev–Trinajstić information content (AvgIpc) is 2.93. The van der Waals surface area contributed by atoms with E-state index in [2.05, 4.69) is 13.7 Å². The Kier molecular flexibility index (Phi) is 3.73. The molecule has 0 saturated carbocycles. The number of aromatic nitrogens is 3. The van der Waals surface area contributed by atoms with Crippen LogP contribution in [0.1, 0.15) is 47.2 Å². The number of hydrogen-bond acceptors (Lipinski definition) is 5. The van der Waals surface area contributed by atoms with Crippen molar-refractivity contribution in [2.45, 2.75) is 32.2 Å². The Morgan fingerprint density at radius 3 is 2.95 bits per heavy atom. The van der Waals surface area contributed by atoms with Gasteiger partial charge in [0.05, 0.1) is 29.2 Å². The molecule has 2 aromatic heterocycles. The van der Waals surface area contributed by atoms with Gasteiger partial charge in [0.15, 0.2) is 5.69 Å². The number of carbonyl (C=O) groups is 1. The van der Waals surface area contributed by atoms with Crippen LogP contribution < -0.4 is 0 Å². The van der Waals surface area contributed by atoms with Gasteiger partial charge in [-0.25, -0.2) is 0 Å². The molecule has 1 fully saturated rings. The number of likely N-dealkylation sites (tertiary alicyclic amines) is 1. The number of hydrogen-bond donors (Lipinski definition) is 0. The van der Waals surface area contributed by atoms with Crippen LogP contribution in [0, 0.1) is 6.92 Å². The van der Waals surface area contributed by atoms with Gasteiger partial charge in [0.2, 0.25) is 0 Å². The first-order valence-electron chi connectivity index (χ1n) is 6.78. The lowest BCUT2D eigenvalue weighted by Crippen LogP contribution is -2.39. The molecule has 6 heteroatoms. The zero-order chi connectivity index (χ0) is 13.9. The molecule has 0 radical (unpaired) electrons. The molecule has 1 saturated heterocycles. The summed E-state index contributed by atoms with van der Waals surface area (Å²) in [4.78, 5) is 19.0. The highest BCUT2D eigenvalue weighted by molar-refractivity contribution is 6.99. The Bertz CT molecular complexity index is 598. The van der Waals surface area contributed by atoms with E-state index >= 15 is 0 Å². The van der Waals surface area contributed by atoms with Gasteiger partial charge in [-0.05, 0) is 38.3 Å². The topological polar surface area (TPSA) is 59.0 Å². The van der Waals surface area contributed by atoms with Crippen molar-refractivity contribution in [1.29, 1.82) is 0 Å². The zero-order valence-corrected chi connectivity index (χ0v) is 12.1. The van der Waals surface area contributed by atoms with Crippen molar-refractivity contribution < 1.29 is 4.79 Å². The van der Waals surface area contributed by atoms with Crippen molar-refractivity contribution in [2.75, 3.05) is 6.54 Å². The van der Waals surface area contributed by atoms with Crippen LogP contribution in [0.5, 0.6) is 0 Å². The summed E-state index contributed by atoms with van der Waals surface area (Å²) in [6.07, 6.45) is 4.90. The van der Waals surface area contributed by atoms with Crippen molar-refractivity contribution in [1.82, 2.24) is 18.6 Å². The summed E-state index contributed by atoms with van der Waals surface area (Å²) in [5, 5.41) is 0. The van der Waals surface area contributed by atoms with Gasteiger partial charge in [0, 0.05) is 12.7 Å². The van der Waals surface area contributed by atoms with Gasteiger partial charge in [-0.3, -0.25) is 9.78 Å². The molecule has 0 spiro atoms. The van der Waals surface area contributed by atoms with Crippen molar-refractivity contribution >= 4 is 17.6 Å². The summed E-state index contributed by atoms with van der Waals surface area (Å²) in [6, 6.07) is 5.91. The number of carbonyl (C=O) groups excluding carboxylic acids is 1. The van der Waals surface area contributed by atoms with E-state index in [0.29, 0.717) is 11.4 Å². The second-order valence-corrected chi connectivity index (χ2v) is 5.49. The van der Waals surface area contributed by atoms with Crippen LogP contribution in [0.2, 0.25) is 0 Å².